The summed E-state index contributed by atoms with van der Waals surface area (Å²) in [4.78, 5) is 22.1. The van der Waals surface area contributed by atoms with E-state index in [1.165, 1.54) is 23.1 Å². The molecule has 0 bridgehead atoms. The molecule has 1 aliphatic carbocycles. The molecule has 0 aliphatic heterocycles. The summed E-state index contributed by atoms with van der Waals surface area (Å²) >= 11 is 2.53. The lowest BCUT2D eigenvalue weighted by Gasteiger charge is -2.11. The summed E-state index contributed by atoms with van der Waals surface area (Å²) < 4.78 is 28.0. The number of thioether (sulfide) groups is 1. The van der Waals surface area contributed by atoms with Gasteiger partial charge in [-0.3, -0.25) is 9.89 Å². The fourth-order valence-electron chi connectivity index (χ4n) is 3.41. The molecule has 0 saturated heterocycles. The van der Waals surface area contributed by atoms with Gasteiger partial charge in [-0.2, -0.15) is 5.10 Å². The third kappa shape index (κ3) is 2.98. The molecule has 3 aromatic heterocycles. The molecular weight excluding hydrogens is 416 g/mol. The van der Waals surface area contributed by atoms with Crippen molar-refractivity contribution in [3.8, 4) is 11.3 Å². The Labute approximate surface area is 172 Å². The number of anilines is 1. The van der Waals surface area contributed by atoms with E-state index in [1.807, 2.05) is 6.26 Å². The SMILES string of the molecule is CSc1c(F)c(C)c(-c2ccc3nc(NC(=O)[C@@H]4C[C@@H]4F)sc3n2)c2cn[nH]c12. The van der Waals surface area contributed by atoms with Crippen molar-refractivity contribution >= 4 is 55.4 Å². The lowest BCUT2D eigenvalue weighted by atomic mass is 10.00. The predicted molar refractivity (Wildman–Crippen MR) is 111 cm³/mol. The monoisotopic (exact) mass is 431 g/mol. The Balaban J connectivity index is 1.58. The molecule has 1 amide bonds. The quantitative estimate of drug-likeness (QED) is 0.458. The number of thiazole rings is 1. The van der Waals surface area contributed by atoms with Gasteiger partial charge >= 0.3 is 0 Å². The van der Waals surface area contributed by atoms with Crippen LogP contribution in [0.15, 0.2) is 23.2 Å². The maximum Gasteiger partial charge on any atom is 0.232 e. The highest BCUT2D eigenvalue weighted by atomic mass is 32.2. The molecule has 0 spiro atoms. The van der Waals surface area contributed by atoms with Gasteiger partial charge < -0.3 is 5.32 Å². The number of carbonyl (C=O) groups excluding carboxylic acids is 1. The zero-order valence-corrected chi connectivity index (χ0v) is 17.0. The van der Waals surface area contributed by atoms with E-state index in [0.29, 0.717) is 42.7 Å². The maximum absolute atomic E-state index is 14.9. The fraction of sp³-hybridized carbons (Fsp3) is 0.263. The van der Waals surface area contributed by atoms with Crippen molar-refractivity contribution in [2.45, 2.75) is 24.4 Å². The molecule has 1 aliphatic rings. The number of aromatic amines is 1. The van der Waals surface area contributed by atoms with Gasteiger partial charge in [0.2, 0.25) is 5.91 Å². The number of pyridine rings is 1. The van der Waals surface area contributed by atoms with Gasteiger partial charge in [0, 0.05) is 10.9 Å². The van der Waals surface area contributed by atoms with Crippen LogP contribution in [0.3, 0.4) is 0 Å². The van der Waals surface area contributed by atoms with Gasteiger partial charge in [-0.25, -0.2) is 18.7 Å². The van der Waals surface area contributed by atoms with E-state index >= 15 is 0 Å². The molecule has 2 atom stereocenters. The molecule has 4 aromatic rings. The Morgan fingerprint density at radius 1 is 1.38 bits per heavy atom. The van der Waals surface area contributed by atoms with Crippen molar-refractivity contribution < 1.29 is 13.6 Å². The molecule has 0 radical (unpaired) electrons. The van der Waals surface area contributed by atoms with E-state index in [9.17, 15) is 13.6 Å². The number of halogens is 2. The standard InChI is InChI=1S/C19H15F2N5OS2/c1-7-13(9-6-22-26-15(9)16(28-2)14(7)21)11-3-4-12-18(23-11)29-19(24-12)25-17(27)8-5-10(8)20/h3-4,6,8,10H,5H2,1-2H3,(H,22,26)(H,24,25,27)/t8-,10+/m1/s1. The first-order chi connectivity index (χ1) is 14.0. The second-order valence-corrected chi connectivity index (χ2v) is 8.69. The summed E-state index contributed by atoms with van der Waals surface area (Å²) in [5.74, 6) is -1.24. The minimum atomic E-state index is -1.06. The number of H-pyrrole nitrogens is 1. The molecule has 10 heteroatoms. The van der Waals surface area contributed by atoms with Crippen molar-refractivity contribution in [3.05, 3.63) is 29.7 Å². The largest absolute Gasteiger partial charge is 0.302 e. The topological polar surface area (TPSA) is 83.6 Å². The molecule has 1 fully saturated rings. The summed E-state index contributed by atoms with van der Waals surface area (Å²) in [6.07, 6.45) is 2.69. The van der Waals surface area contributed by atoms with Crippen molar-refractivity contribution in [1.29, 1.82) is 0 Å². The first-order valence-corrected chi connectivity index (χ1v) is 10.9. The lowest BCUT2D eigenvalue weighted by Crippen LogP contribution is -2.14. The van der Waals surface area contributed by atoms with Gasteiger partial charge in [-0.15, -0.1) is 11.8 Å². The molecule has 5 rings (SSSR count). The van der Waals surface area contributed by atoms with Gasteiger partial charge in [0.05, 0.1) is 28.2 Å². The molecule has 3 heterocycles. The number of aromatic nitrogens is 4. The number of hydrogen-bond acceptors (Lipinski definition) is 6. The number of alkyl halides is 1. The Bertz CT molecular complexity index is 1280. The highest BCUT2D eigenvalue weighted by Gasteiger charge is 2.43. The van der Waals surface area contributed by atoms with Crippen LogP contribution in [0.25, 0.3) is 32.5 Å². The molecule has 148 valence electrons. The number of carbonyl (C=O) groups is 1. The summed E-state index contributed by atoms with van der Waals surface area (Å²) in [7, 11) is 0. The van der Waals surface area contributed by atoms with Gasteiger partial charge in [0.1, 0.15) is 22.3 Å². The van der Waals surface area contributed by atoms with E-state index < -0.39 is 12.1 Å². The Kier molecular flexibility index (Phi) is 4.28. The van der Waals surface area contributed by atoms with Gasteiger partial charge in [-0.05, 0) is 37.3 Å². The number of rotatable bonds is 4. The van der Waals surface area contributed by atoms with Gasteiger partial charge in [0.15, 0.2) is 5.13 Å². The Hall–Kier alpha value is -2.59. The van der Waals surface area contributed by atoms with Crippen LogP contribution in [0.2, 0.25) is 0 Å². The number of amides is 1. The van der Waals surface area contributed by atoms with E-state index in [4.69, 9.17) is 0 Å². The average molecular weight is 431 g/mol. The van der Waals surface area contributed by atoms with Crippen LogP contribution in [0.5, 0.6) is 0 Å². The Morgan fingerprint density at radius 3 is 2.90 bits per heavy atom. The highest BCUT2D eigenvalue weighted by molar-refractivity contribution is 7.98. The number of hydrogen-bond donors (Lipinski definition) is 2. The van der Waals surface area contributed by atoms with Crippen molar-refractivity contribution in [3.63, 3.8) is 0 Å². The minimum absolute atomic E-state index is 0.261. The first-order valence-electron chi connectivity index (χ1n) is 8.90. The molecule has 6 nitrogen and oxygen atoms in total. The van der Waals surface area contributed by atoms with E-state index in [0.717, 1.165) is 5.39 Å². The van der Waals surface area contributed by atoms with E-state index in [1.54, 1.807) is 25.3 Å². The van der Waals surface area contributed by atoms with E-state index in [2.05, 4.69) is 25.5 Å². The molecular formula is C19H15F2N5OS2. The van der Waals surface area contributed by atoms with Crippen LogP contribution in [-0.2, 0) is 4.79 Å². The number of fused-ring (bicyclic) bond motifs is 2. The zero-order valence-electron chi connectivity index (χ0n) is 15.4. The molecule has 1 aromatic carbocycles. The molecule has 1 saturated carbocycles. The van der Waals surface area contributed by atoms with E-state index in [-0.39, 0.29) is 18.1 Å². The first kappa shape index (κ1) is 18.4. The maximum atomic E-state index is 14.9. The second kappa shape index (κ2) is 6.74. The van der Waals surface area contributed by atoms with Crippen LogP contribution >= 0.6 is 23.1 Å². The molecule has 2 N–H and O–H groups in total. The summed E-state index contributed by atoms with van der Waals surface area (Å²) in [6.45, 7) is 1.73. The van der Waals surface area contributed by atoms with Crippen LogP contribution < -0.4 is 5.32 Å². The normalized spacial score (nSPS) is 18.5. The van der Waals surface area contributed by atoms with Crippen molar-refractivity contribution in [2.24, 2.45) is 5.92 Å². The predicted octanol–water partition coefficient (Wildman–Crippen LogP) is 4.70. The van der Waals surface area contributed by atoms with Gasteiger partial charge in [0.25, 0.3) is 0 Å². The minimum Gasteiger partial charge on any atom is -0.302 e. The van der Waals surface area contributed by atoms with Crippen molar-refractivity contribution in [1.82, 2.24) is 20.2 Å². The summed E-state index contributed by atoms with van der Waals surface area (Å²) in [5.41, 5.74) is 3.02. The third-order valence-electron chi connectivity index (χ3n) is 5.03. The van der Waals surface area contributed by atoms with Crippen LogP contribution in [0, 0.1) is 18.7 Å². The van der Waals surface area contributed by atoms with Gasteiger partial charge in [-0.1, -0.05) is 11.3 Å². The Morgan fingerprint density at radius 2 is 2.17 bits per heavy atom. The molecule has 29 heavy (non-hydrogen) atoms. The average Bonchev–Trinajstić information content (AvgIpc) is 3.08. The second-order valence-electron chi connectivity index (χ2n) is 6.89. The molecule has 0 unspecified atom stereocenters. The number of benzene rings is 1. The van der Waals surface area contributed by atoms with Crippen molar-refractivity contribution in [2.75, 3.05) is 11.6 Å². The smallest absolute Gasteiger partial charge is 0.232 e. The number of nitrogens with one attached hydrogen (secondary N) is 2. The van der Waals surface area contributed by atoms with Crippen LogP contribution in [-0.4, -0.2) is 38.5 Å². The van der Waals surface area contributed by atoms with Crippen LogP contribution in [0.4, 0.5) is 13.9 Å². The van der Waals surface area contributed by atoms with Crippen LogP contribution in [0.1, 0.15) is 12.0 Å². The summed E-state index contributed by atoms with van der Waals surface area (Å²) in [5, 5.41) is 10.8. The lowest BCUT2D eigenvalue weighted by molar-refractivity contribution is -0.117. The zero-order chi connectivity index (χ0) is 20.3. The fourth-order valence-corrected chi connectivity index (χ4v) is 4.94. The number of nitrogens with zero attached hydrogens (tertiary/aromatic N) is 3. The highest BCUT2D eigenvalue weighted by Crippen LogP contribution is 2.39. The summed E-state index contributed by atoms with van der Waals surface area (Å²) in [6, 6.07) is 3.56. The third-order valence-corrected chi connectivity index (χ3v) is 6.71.